The Bertz CT molecular complexity index is 580. The Hall–Kier alpha value is -1.99. The third-order valence-electron chi connectivity index (χ3n) is 3.71. The maximum Gasteiger partial charge on any atom is 0.224 e. The fourth-order valence-electron chi connectivity index (χ4n) is 2.51. The first kappa shape index (κ1) is 16.4. The molecule has 0 aliphatic carbocycles. The fraction of sp³-hybridized carbons (Fsp3) is 0.429. The number of hydrogen-bond acceptors (Lipinski definition) is 5. The van der Waals surface area contributed by atoms with Gasteiger partial charge in [-0.05, 0) is 61.3 Å². The summed E-state index contributed by atoms with van der Waals surface area (Å²) in [4.78, 5) is 11.9. The van der Waals surface area contributed by atoms with Gasteiger partial charge in [-0.25, -0.2) is 0 Å². The summed E-state index contributed by atoms with van der Waals surface area (Å²) in [5.41, 5.74) is 1.65. The van der Waals surface area contributed by atoms with Crippen LogP contribution >= 0.6 is 12.4 Å². The summed E-state index contributed by atoms with van der Waals surface area (Å²) in [6, 6.07) is 7.42. The van der Waals surface area contributed by atoms with Crippen LogP contribution in [0.2, 0.25) is 0 Å². The van der Waals surface area contributed by atoms with Gasteiger partial charge in [0, 0.05) is 17.7 Å². The zero-order valence-electron chi connectivity index (χ0n) is 12.1. The van der Waals surface area contributed by atoms with Crippen molar-refractivity contribution in [2.24, 2.45) is 5.92 Å². The van der Waals surface area contributed by atoms with Gasteiger partial charge in [-0.1, -0.05) is 0 Å². The van der Waals surface area contributed by atoms with Crippen molar-refractivity contribution in [3.8, 4) is 11.4 Å². The van der Waals surface area contributed by atoms with Gasteiger partial charge < -0.3 is 10.6 Å². The second-order valence-corrected chi connectivity index (χ2v) is 5.26. The van der Waals surface area contributed by atoms with Crippen molar-refractivity contribution in [3.05, 3.63) is 24.3 Å². The Balaban J connectivity index is 0.00000176. The van der Waals surface area contributed by atoms with E-state index in [4.69, 9.17) is 0 Å². The summed E-state index contributed by atoms with van der Waals surface area (Å²) < 4.78 is 0. The lowest BCUT2D eigenvalue weighted by Gasteiger charge is -2.09. The molecule has 1 aromatic heterocycles. The molecule has 8 heteroatoms. The summed E-state index contributed by atoms with van der Waals surface area (Å²) in [5, 5.41) is 20.0. The average molecular weight is 323 g/mol. The van der Waals surface area contributed by atoms with Crippen LogP contribution in [0.25, 0.3) is 11.4 Å². The van der Waals surface area contributed by atoms with Crippen molar-refractivity contribution in [3.63, 3.8) is 0 Å². The third-order valence-corrected chi connectivity index (χ3v) is 3.71. The number of hydrogen-bond donors (Lipinski definition) is 3. The zero-order valence-corrected chi connectivity index (χ0v) is 12.9. The molecule has 3 rings (SSSR count). The highest BCUT2D eigenvalue weighted by Gasteiger charge is 2.15. The fourth-order valence-corrected chi connectivity index (χ4v) is 2.51. The topological polar surface area (TPSA) is 95.6 Å². The summed E-state index contributed by atoms with van der Waals surface area (Å²) >= 11 is 0. The van der Waals surface area contributed by atoms with Gasteiger partial charge in [0.15, 0.2) is 0 Å². The van der Waals surface area contributed by atoms with Gasteiger partial charge in [0.2, 0.25) is 11.7 Å². The second kappa shape index (κ2) is 7.86. The highest BCUT2D eigenvalue weighted by Crippen LogP contribution is 2.18. The predicted molar refractivity (Wildman–Crippen MR) is 85.7 cm³/mol. The maximum atomic E-state index is 11.9. The lowest BCUT2D eigenvalue weighted by atomic mass is 10.0. The quantitative estimate of drug-likeness (QED) is 0.777. The highest BCUT2D eigenvalue weighted by atomic mass is 35.5. The smallest absolute Gasteiger partial charge is 0.224 e. The summed E-state index contributed by atoms with van der Waals surface area (Å²) in [6.07, 6.45) is 2.69. The minimum atomic E-state index is 0. The molecule has 118 valence electrons. The van der Waals surface area contributed by atoms with E-state index in [1.807, 2.05) is 24.3 Å². The zero-order chi connectivity index (χ0) is 14.5. The van der Waals surface area contributed by atoms with E-state index in [9.17, 15) is 4.79 Å². The summed E-state index contributed by atoms with van der Waals surface area (Å²) in [6.45, 7) is 2.11. The molecule has 1 aliphatic heterocycles. The molecule has 1 amide bonds. The number of nitrogens with one attached hydrogen (secondary N) is 3. The van der Waals surface area contributed by atoms with E-state index in [1.54, 1.807) is 0 Å². The molecule has 1 unspecified atom stereocenters. The van der Waals surface area contributed by atoms with Gasteiger partial charge >= 0.3 is 0 Å². The van der Waals surface area contributed by atoms with Crippen LogP contribution in [0.5, 0.6) is 0 Å². The molecule has 0 bridgehead atoms. The molecule has 1 aliphatic rings. The van der Waals surface area contributed by atoms with Crippen molar-refractivity contribution >= 4 is 24.0 Å². The van der Waals surface area contributed by atoms with E-state index in [0.717, 1.165) is 30.8 Å². The van der Waals surface area contributed by atoms with Crippen LogP contribution in [0.15, 0.2) is 24.3 Å². The molecule has 1 aromatic carbocycles. The highest BCUT2D eigenvalue weighted by molar-refractivity contribution is 5.90. The Kier molecular flexibility index (Phi) is 5.85. The monoisotopic (exact) mass is 322 g/mol. The second-order valence-electron chi connectivity index (χ2n) is 5.26. The van der Waals surface area contributed by atoms with Crippen molar-refractivity contribution in [1.82, 2.24) is 25.9 Å². The molecule has 2 heterocycles. The van der Waals surface area contributed by atoms with Gasteiger partial charge in [-0.3, -0.25) is 4.79 Å². The Morgan fingerprint density at radius 2 is 2.14 bits per heavy atom. The molecular formula is C14H19ClN6O. The Morgan fingerprint density at radius 1 is 1.32 bits per heavy atom. The normalized spacial score (nSPS) is 17.0. The number of amides is 1. The van der Waals surface area contributed by atoms with Gasteiger partial charge in [-0.15, -0.1) is 22.6 Å². The van der Waals surface area contributed by atoms with Crippen LogP contribution in [0.3, 0.4) is 0 Å². The van der Waals surface area contributed by atoms with E-state index < -0.39 is 0 Å². The number of aromatic nitrogens is 4. The van der Waals surface area contributed by atoms with Crippen LogP contribution < -0.4 is 10.6 Å². The van der Waals surface area contributed by atoms with E-state index in [-0.39, 0.29) is 18.3 Å². The van der Waals surface area contributed by atoms with Crippen LogP contribution in [-0.2, 0) is 4.79 Å². The van der Waals surface area contributed by atoms with E-state index in [1.165, 1.54) is 6.42 Å². The molecule has 0 spiro atoms. The van der Waals surface area contributed by atoms with Crippen LogP contribution in [-0.4, -0.2) is 39.6 Å². The first-order valence-electron chi connectivity index (χ1n) is 7.16. The molecule has 1 atom stereocenters. The molecule has 1 fully saturated rings. The molecule has 3 N–H and O–H groups in total. The van der Waals surface area contributed by atoms with Gasteiger partial charge in [-0.2, -0.15) is 5.21 Å². The number of aromatic amines is 1. The van der Waals surface area contributed by atoms with Crippen LogP contribution in [0, 0.1) is 5.92 Å². The number of tetrazole rings is 1. The molecule has 0 radical (unpaired) electrons. The molecule has 2 aromatic rings. The lowest BCUT2D eigenvalue weighted by Crippen LogP contribution is -2.14. The third kappa shape index (κ3) is 4.25. The van der Waals surface area contributed by atoms with E-state index in [2.05, 4.69) is 31.3 Å². The molecule has 1 saturated heterocycles. The first-order chi connectivity index (χ1) is 10.3. The van der Waals surface area contributed by atoms with Gasteiger partial charge in [0.05, 0.1) is 0 Å². The van der Waals surface area contributed by atoms with Crippen LogP contribution in [0.4, 0.5) is 5.69 Å². The number of nitrogens with zero attached hydrogens (tertiary/aromatic N) is 3. The van der Waals surface area contributed by atoms with Crippen molar-refractivity contribution in [2.45, 2.75) is 19.3 Å². The number of halogens is 1. The first-order valence-corrected chi connectivity index (χ1v) is 7.16. The minimum absolute atomic E-state index is 0. The minimum Gasteiger partial charge on any atom is -0.326 e. The van der Waals surface area contributed by atoms with Crippen molar-refractivity contribution in [2.75, 3.05) is 18.4 Å². The van der Waals surface area contributed by atoms with Crippen molar-refractivity contribution in [1.29, 1.82) is 0 Å². The number of benzene rings is 1. The number of rotatable bonds is 5. The predicted octanol–water partition coefficient (Wildman–Crippen LogP) is 1.62. The Morgan fingerprint density at radius 3 is 2.77 bits per heavy atom. The molecule has 7 nitrogen and oxygen atoms in total. The molecular weight excluding hydrogens is 304 g/mol. The largest absolute Gasteiger partial charge is 0.326 e. The number of carbonyl (C=O) groups is 1. The van der Waals surface area contributed by atoms with E-state index in [0.29, 0.717) is 18.2 Å². The summed E-state index contributed by atoms with van der Waals surface area (Å²) in [5.74, 6) is 1.24. The number of anilines is 1. The number of carbonyl (C=O) groups excluding carboxylic acids is 1. The SMILES string of the molecule is Cl.O=C(CCC1CCNC1)Nc1ccc(-c2nn[nH]n2)cc1. The van der Waals surface area contributed by atoms with Gasteiger partial charge in [0.1, 0.15) is 0 Å². The van der Waals surface area contributed by atoms with Crippen molar-refractivity contribution < 1.29 is 4.79 Å². The number of H-pyrrole nitrogens is 1. The lowest BCUT2D eigenvalue weighted by molar-refractivity contribution is -0.116. The molecule has 22 heavy (non-hydrogen) atoms. The maximum absolute atomic E-state index is 11.9. The molecule has 0 saturated carbocycles. The average Bonchev–Trinajstić information content (AvgIpc) is 3.19. The van der Waals surface area contributed by atoms with E-state index >= 15 is 0 Å². The summed E-state index contributed by atoms with van der Waals surface area (Å²) in [7, 11) is 0. The van der Waals surface area contributed by atoms with Gasteiger partial charge in [0.25, 0.3) is 0 Å². The van der Waals surface area contributed by atoms with Crippen LogP contribution in [0.1, 0.15) is 19.3 Å². The standard InChI is InChI=1S/C14H18N6O.ClH/c21-13(6-1-10-7-8-15-9-10)16-12-4-2-11(3-5-12)14-17-19-20-18-14;/h2-5,10,15H,1,6-9H2,(H,16,21)(H,17,18,19,20);1H. The Labute approximate surface area is 134 Å².